The lowest BCUT2D eigenvalue weighted by atomic mass is 10.1. The molecule has 0 aliphatic rings. The molecule has 0 amide bonds. The van der Waals surface area contributed by atoms with E-state index in [0.29, 0.717) is 25.1 Å². The summed E-state index contributed by atoms with van der Waals surface area (Å²) in [7, 11) is 0. The number of nitrogens with two attached hydrogens (primary N) is 2. The predicted octanol–water partition coefficient (Wildman–Crippen LogP) is 0.0225. The molecule has 0 spiro atoms. The van der Waals surface area contributed by atoms with E-state index in [4.69, 9.17) is 23.0 Å². The quantitative estimate of drug-likeness (QED) is 0.336. The maximum absolute atomic E-state index is 10.4. The van der Waals surface area contributed by atoms with Gasteiger partial charge >= 0.3 is 5.97 Å². The Labute approximate surface area is 102 Å². The molecule has 0 rings (SSSR count). The van der Waals surface area contributed by atoms with Gasteiger partial charge in [0.25, 0.3) is 0 Å². The summed E-state index contributed by atoms with van der Waals surface area (Å²) in [5.41, 5.74) is 11.8. The summed E-state index contributed by atoms with van der Waals surface area (Å²) < 4.78 is 0. The topological polar surface area (TPSA) is 101 Å². The number of terminal acetylenes is 1. The first kappa shape index (κ1) is 15.5. The molecule has 0 aromatic carbocycles. The van der Waals surface area contributed by atoms with Crippen LogP contribution in [0, 0.1) is 12.3 Å². The average molecular weight is 239 g/mol. The van der Waals surface area contributed by atoms with Crippen LogP contribution in [0.25, 0.3) is 0 Å². The Hall–Kier alpha value is -1.51. The van der Waals surface area contributed by atoms with E-state index >= 15 is 0 Å². The molecule has 0 heterocycles. The molecule has 0 bridgehead atoms. The van der Waals surface area contributed by atoms with Gasteiger partial charge in [-0.05, 0) is 19.3 Å². The third kappa shape index (κ3) is 7.39. The van der Waals surface area contributed by atoms with Crippen LogP contribution in [-0.2, 0) is 4.79 Å². The van der Waals surface area contributed by atoms with Gasteiger partial charge in [-0.3, -0.25) is 4.79 Å². The molecular formula is C12H21N3O2. The molecule has 0 radical (unpaired) electrons. The van der Waals surface area contributed by atoms with E-state index in [2.05, 4.69) is 17.8 Å². The lowest BCUT2D eigenvalue weighted by Gasteiger charge is -2.14. The van der Waals surface area contributed by atoms with Crippen molar-refractivity contribution in [3.05, 3.63) is 12.3 Å². The number of unbranched alkanes of at least 4 members (excludes halogenated alkanes) is 1. The molecule has 6 N–H and O–H groups in total. The summed E-state index contributed by atoms with van der Waals surface area (Å²) in [4.78, 5) is 10.4. The average Bonchev–Trinajstić information content (AvgIpc) is 2.28. The molecule has 0 saturated heterocycles. The fourth-order valence-corrected chi connectivity index (χ4v) is 1.24. The molecule has 0 fully saturated rings. The van der Waals surface area contributed by atoms with E-state index < -0.39 is 12.0 Å². The fourth-order valence-electron chi connectivity index (χ4n) is 1.24. The van der Waals surface area contributed by atoms with E-state index in [1.165, 1.54) is 0 Å². The van der Waals surface area contributed by atoms with Gasteiger partial charge in [0, 0.05) is 18.7 Å². The number of carboxylic acid groups (broad SMARTS) is 1. The molecule has 0 aliphatic heterocycles. The van der Waals surface area contributed by atoms with Gasteiger partial charge in [0.1, 0.15) is 6.04 Å². The third-order valence-electron chi connectivity index (χ3n) is 2.40. The number of hydrogen-bond acceptors (Lipinski definition) is 4. The second-order valence-electron chi connectivity index (χ2n) is 3.91. The molecule has 0 aliphatic carbocycles. The normalized spacial score (nSPS) is 13.5. The van der Waals surface area contributed by atoms with Crippen LogP contribution in [0.15, 0.2) is 12.3 Å². The zero-order valence-electron chi connectivity index (χ0n) is 9.98. The SMILES string of the molecule is C#CC[C@@H](N)C(=C)NCCCC[C@H](N)C(=O)O. The molecule has 0 saturated carbocycles. The van der Waals surface area contributed by atoms with Crippen LogP contribution in [0.1, 0.15) is 25.7 Å². The molecule has 0 aromatic rings. The second-order valence-corrected chi connectivity index (χ2v) is 3.91. The van der Waals surface area contributed by atoms with Gasteiger partial charge in [-0.15, -0.1) is 12.3 Å². The Balaban J connectivity index is 3.55. The zero-order chi connectivity index (χ0) is 13.3. The molecule has 96 valence electrons. The van der Waals surface area contributed by atoms with Crippen LogP contribution in [-0.4, -0.2) is 29.7 Å². The standard InChI is InChI=1S/C12H21N3O2/c1-3-6-10(13)9(2)15-8-5-4-7-11(14)12(16)17/h1,10-11,15H,2,4-8,13-14H2,(H,16,17)/t10-,11+/m1/s1. The van der Waals surface area contributed by atoms with E-state index in [1.807, 2.05) is 0 Å². The Kier molecular flexibility index (Phi) is 7.85. The van der Waals surface area contributed by atoms with E-state index in [9.17, 15) is 4.79 Å². The van der Waals surface area contributed by atoms with Gasteiger partial charge in [0.15, 0.2) is 0 Å². The number of rotatable bonds is 9. The minimum atomic E-state index is -0.960. The van der Waals surface area contributed by atoms with Crippen molar-refractivity contribution in [2.45, 2.75) is 37.8 Å². The molecular weight excluding hydrogens is 218 g/mol. The molecule has 5 nitrogen and oxygen atoms in total. The van der Waals surface area contributed by atoms with Crippen LogP contribution in [0.4, 0.5) is 0 Å². The maximum Gasteiger partial charge on any atom is 0.320 e. The van der Waals surface area contributed by atoms with Crippen molar-refractivity contribution in [3.8, 4) is 12.3 Å². The first-order valence-electron chi connectivity index (χ1n) is 5.59. The summed E-state index contributed by atoms with van der Waals surface area (Å²) in [6.45, 7) is 4.48. The molecule has 0 aromatic heterocycles. The van der Waals surface area contributed by atoms with Gasteiger partial charge in [0.2, 0.25) is 0 Å². The highest BCUT2D eigenvalue weighted by atomic mass is 16.4. The van der Waals surface area contributed by atoms with Crippen molar-refractivity contribution in [2.24, 2.45) is 11.5 Å². The number of carboxylic acids is 1. The lowest BCUT2D eigenvalue weighted by Crippen LogP contribution is -2.32. The van der Waals surface area contributed by atoms with Gasteiger partial charge in [-0.1, -0.05) is 6.58 Å². The smallest absolute Gasteiger partial charge is 0.320 e. The predicted molar refractivity (Wildman–Crippen MR) is 68.0 cm³/mol. The van der Waals surface area contributed by atoms with Crippen molar-refractivity contribution in [1.29, 1.82) is 0 Å². The minimum absolute atomic E-state index is 0.235. The molecule has 17 heavy (non-hydrogen) atoms. The van der Waals surface area contributed by atoms with Crippen molar-refractivity contribution >= 4 is 5.97 Å². The summed E-state index contributed by atoms with van der Waals surface area (Å²) in [5, 5.41) is 11.6. The number of aliphatic carboxylic acids is 1. The van der Waals surface area contributed by atoms with E-state index in [0.717, 1.165) is 12.8 Å². The van der Waals surface area contributed by atoms with Crippen LogP contribution in [0.2, 0.25) is 0 Å². The number of hydrogen-bond donors (Lipinski definition) is 4. The monoisotopic (exact) mass is 239 g/mol. The van der Waals surface area contributed by atoms with Crippen LogP contribution < -0.4 is 16.8 Å². The Morgan fingerprint density at radius 3 is 2.59 bits per heavy atom. The van der Waals surface area contributed by atoms with Crippen LogP contribution in [0.5, 0.6) is 0 Å². The lowest BCUT2D eigenvalue weighted by molar-refractivity contribution is -0.138. The van der Waals surface area contributed by atoms with E-state index in [1.54, 1.807) is 0 Å². The Morgan fingerprint density at radius 2 is 2.06 bits per heavy atom. The van der Waals surface area contributed by atoms with Gasteiger partial charge in [0.05, 0.1) is 6.04 Å². The molecule has 0 unspecified atom stereocenters. The minimum Gasteiger partial charge on any atom is -0.480 e. The summed E-state index contributed by atoms with van der Waals surface area (Å²) in [5.74, 6) is 1.51. The van der Waals surface area contributed by atoms with Gasteiger partial charge < -0.3 is 21.9 Å². The van der Waals surface area contributed by atoms with E-state index in [-0.39, 0.29) is 6.04 Å². The van der Waals surface area contributed by atoms with Gasteiger partial charge in [-0.2, -0.15) is 0 Å². The highest BCUT2D eigenvalue weighted by Gasteiger charge is 2.10. The van der Waals surface area contributed by atoms with Crippen molar-refractivity contribution in [1.82, 2.24) is 5.32 Å². The largest absolute Gasteiger partial charge is 0.480 e. The Bertz CT molecular complexity index is 297. The van der Waals surface area contributed by atoms with Crippen LogP contribution in [0.3, 0.4) is 0 Å². The van der Waals surface area contributed by atoms with Crippen molar-refractivity contribution in [2.75, 3.05) is 6.54 Å². The van der Waals surface area contributed by atoms with Crippen LogP contribution >= 0.6 is 0 Å². The highest BCUT2D eigenvalue weighted by molar-refractivity contribution is 5.72. The highest BCUT2D eigenvalue weighted by Crippen LogP contribution is 2.01. The third-order valence-corrected chi connectivity index (χ3v) is 2.40. The zero-order valence-corrected chi connectivity index (χ0v) is 9.98. The molecule has 5 heteroatoms. The fraction of sp³-hybridized carbons (Fsp3) is 0.583. The second kappa shape index (κ2) is 8.62. The van der Waals surface area contributed by atoms with Gasteiger partial charge in [-0.25, -0.2) is 0 Å². The number of nitrogens with one attached hydrogen (secondary N) is 1. The first-order valence-corrected chi connectivity index (χ1v) is 5.59. The maximum atomic E-state index is 10.4. The summed E-state index contributed by atoms with van der Waals surface area (Å²) >= 11 is 0. The van der Waals surface area contributed by atoms with Crippen molar-refractivity contribution in [3.63, 3.8) is 0 Å². The van der Waals surface area contributed by atoms with Crippen molar-refractivity contribution < 1.29 is 9.90 Å². The summed E-state index contributed by atoms with van der Waals surface area (Å²) in [6.07, 6.45) is 7.63. The first-order chi connectivity index (χ1) is 7.99. The Morgan fingerprint density at radius 1 is 1.41 bits per heavy atom. The number of carbonyl (C=O) groups is 1. The summed E-state index contributed by atoms with van der Waals surface area (Å²) in [6, 6.07) is -1.01. The molecule has 2 atom stereocenters.